The Bertz CT molecular complexity index is 424. The van der Waals surface area contributed by atoms with Crippen LogP contribution in [0, 0.1) is 5.92 Å². The lowest BCUT2D eigenvalue weighted by molar-refractivity contribution is 0.318. The topological polar surface area (TPSA) is 74.7 Å². The molecule has 19 heavy (non-hydrogen) atoms. The van der Waals surface area contributed by atoms with Crippen molar-refractivity contribution >= 4 is 11.7 Å². The summed E-state index contributed by atoms with van der Waals surface area (Å²) in [4.78, 5) is 6.55. The van der Waals surface area contributed by atoms with Gasteiger partial charge in [0.1, 0.15) is 5.82 Å². The molecule has 0 spiro atoms. The van der Waals surface area contributed by atoms with Gasteiger partial charge < -0.3 is 15.8 Å². The number of hydrogen-bond acceptors (Lipinski definition) is 4. The van der Waals surface area contributed by atoms with Gasteiger partial charge in [-0.3, -0.25) is 0 Å². The van der Waals surface area contributed by atoms with Crippen LogP contribution in [-0.2, 0) is 0 Å². The molecule has 1 aliphatic carbocycles. The number of hydrogen-bond donors (Lipinski definition) is 2. The van der Waals surface area contributed by atoms with Crippen LogP contribution in [0.2, 0.25) is 0 Å². The molecule has 0 amide bonds. The zero-order valence-electron chi connectivity index (χ0n) is 11.4. The molecule has 0 aliphatic heterocycles. The first-order chi connectivity index (χ1) is 9.20. The van der Waals surface area contributed by atoms with Gasteiger partial charge in [-0.05, 0) is 30.9 Å². The molecule has 0 atom stereocenters. The van der Waals surface area contributed by atoms with Crippen LogP contribution >= 0.6 is 0 Å². The second-order valence-electron chi connectivity index (χ2n) is 5.27. The molecule has 3 N–H and O–H groups in total. The van der Waals surface area contributed by atoms with Crippen LogP contribution in [0.5, 0.6) is 0 Å². The van der Waals surface area contributed by atoms with Gasteiger partial charge in [0.15, 0.2) is 5.84 Å². The van der Waals surface area contributed by atoms with Crippen molar-refractivity contribution in [2.24, 2.45) is 16.8 Å². The summed E-state index contributed by atoms with van der Waals surface area (Å²) in [7, 11) is 2.07. The molecule has 0 unspecified atom stereocenters. The van der Waals surface area contributed by atoms with Crippen molar-refractivity contribution < 1.29 is 5.21 Å². The molecule has 5 nitrogen and oxygen atoms in total. The molecular formula is C14H22N4O. The maximum atomic E-state index is 8.61. The molecule has 1 saturated carbocycles. The van der Waals surface area contributed by atoms with Gasteiger partial charge >= 0.3 is 0 Å². The Morgan fingerprint density at radius 2 is 2.16 bits per heavy atom. The van der Waals surface area contributed by atoms with Crippen LogP contribution in [0.3, 0.4) is 0 Å². The van der Waals surface area contributed by atoms with Gasteiger partial charge in [0.05, 0.1) is 0 Å². The molecule has 1 aromatic rings. The highest BCUT2D eigenvalue weighted by Crippen LogP contribution is 2.25. The van der Waals surface area contributed by atoms with Crippen molar-refractivity contribution in [3.63, 3.8) is 0 Å². The van der Waals surface area contributed by atoms with E-state index < -0.39 is 0 Å². The summed E-state index contributed by atoms with van der Waals surface area (Å²) in [6.45, 7) is 1.05. The average molecular weight is 262 g/mol. The lowest BCUT2D eigenvalue weighted by atomic mass is 9.89. The van der Waals surface area contributed by atoms with E-state index in [4.69, 9.17) is 10.9 Å². The fourth-order valence-electron chi connectivity index (χ4n) is 2.67. The predicted octanol–water partition coefficient (Wildman–Crippen LogP) is 2.19. The molecule has 2 rings (SSSR count). The van der Waals surface area contributed by atoms with Gasteiger partial charge in [0, 0.05) is 25.4 Å². The van der Waals surface area contributed by atoms with Crippen LogP contribution in [0.25, 0.3) is 0 Å². The number of pyridine rings is 1. The van der Waals surface area contributed by atoms with Crippen molar-refractivity contribution in [3.8, 4) is 0 Å². The summed E-state index contributed by atoms with van der Waals surface area (Å²) >= 11 is 0. The normalized spacial score (nSPS) is 17.4. The molecule has 0 bridgehead atoms. The Hall–Kier alpha value is -1.78. The van der Waals surface area contributed by atoms with E-state index in [9.17, 15) is 0 Å². The molecule has 0 saturated heterocycles. The molecule has 1 fully saturated rings. The van der Waals surface area contributed by atoms with E-state index in [1.807, 2.05) is 12.1 Å². The summed E-state index contributed by atoms with van der Waals surface area (Å²) in [5, 5.41) is 11.6. The number of rotatable bonds is 4. The van der Waals surface area contributed by atoms with Crippen molar-refractivity contribution in [2.45, 2.75) is 32.1 Å². The SMILES string of the molecule is CN(CC1CCCCC1)c1ccc(C(N)=NO)cn1. The number of oxime groups is 1. The van der Waals surface area contributed by atoms with Crippen molar-refractivity contribution in [1.29, 1.82) is 0 Å². The monoisotopic (exact) mass is 262 g/mol. The third-order valence-corrected chi connectivity index (χ3v) is 3.80. The van der Waals surface area contributed by atoms with E-state index in [2.05, 4.69) is 22.1 Å². The van der Waals surface area contributed by atoms with Crippen LogP contribution in [0.1, 0.15) is 37.7 Å². The molecule has 1 aliphatic rings. The Kier molecular flexibility index (Phi) is 4.60. The van der Waals surface area contributed by atoms with Gasteiger partial charge in [-0.25, -0.2) is 4.98 Å². The van der Waals surface area contributed by atoms with Gasteiger partial charge in [-0.15, -0.1) is 0 Å². The lowest BCUT2D eigenvalue weighted by Crippen LogP contribution is -2.27. The molecule has 104 valence electrons. The minimum Gasteiger partial charge on any atom is -0.409 e. The molecule has 1 heterocycles. The van der Waals surface area contributed by atoms with Crippen molar-refractivity contribution in [3.05, 3.63) is 23.9 Å². The quantitative estimate of drug-likeness (QED) is 0.377. The minimum absolute atomic E-state index is 0.0917. The first-order valence-electron chi connectivity index (χ1n) is 6.86. The number of nitrogens with two attached hydrogens (primary N) is 1. The second-order valence-corrected chi connectivity index (χ2v) is 5.27. The number of nitrogens with zero attached hydrogens (tertiary/aromatic N) is 3. The predicted molar refractivity (Wildman–Crippen MR) is 76.6 cm³/mol. The van der Waals surface area contributed by atoms with Crippen LogP contribution in [0.4, 0.5) is 5.82 Å². The van der Waals surface area contributed by atoms with Crippen LogP contribution in [-0.4, -0.2) is 29.6 Å². The summed E-state index contributed by atoms with van der Waals surface area (Å²) in [6.07, 6.45) is 8.39. The van der Waals surface area contributed by atoms with Crippen LogP contribution in [0.15, 0.2) is 23.5 Å². The summed E-state index contributed by atoms with van der Waals surface area (Å²) in [5.41, 5.74) is 6.15. The maximum absolute atomic E-state index is 8.61. The van der Waals surface area contributed by atoms with Crippen molar-refractivity contribution in [1.82, 2.24) is 4.98 Å². The van der Waals surface area contributed by atoms with E-state index in [1.165, 1.54) is 32.1 Å². The molecule has 5 heteroatoms. The summed E-state index contributed by atoms with van der Waals surface area (Å²) in [6, 6.07) is 3.74. The standard InChI is InChI=1S/C14H22N4O/c1-18(10-11-5-3-2-4-6-11)13-8-7-12(9-16-13)14(15)17-19/h7-9,11,19H,2-6,10H2,1H3,(H2,15,17). The molecule has 1 aromatic heterocycles. The lowest BCUT2D eigenvalue weighted by Gasteiger charge is -2.27. The highest BCUT2D eigenvalue weighted by molar-refractivity contribution is 5.96. The zero-order valence-corrected chi connectivity index (χ0v) is 11.4. The van der Waals surface area contributed by atoms with Gasteiger partial charge in [0.25, 0.3) is 0 Å². The highest BCUT2D eigenvalue weighted by atomic mass is 16.4. The molecule has 0 aromatic carbocycles. The largest absolute Gasteiger partial charge is 0.409 e. The van der Waals surface area contributed by atoms with Gasteiger partial charge in [-0.1, -0.05) is 24.4 Å². The third-order valence-electron chi connectivity index (χ3n) is 3.80. The first kappa shape index (κ1) is 13.6. The highest BCUT2D eigenvalue weighted by Gasteiger charge is 2.16. The smallest absolute Gasteiger partial charge is 0.171 e. The Morgan fingerprint density at radius 1 is 1.42 bits per heavy atom. The van der Waals surface area contributed by atoms with Crippen molar-refractivity contribution in [2.75, 3.05) is 18.5 Å². The number of anilines is 1. The minimum atomic E-state index is 0.0917. The fraction of sp³-hybridized carbons (Fsp3) is 0.571. The van der Waals surface area contributed by atoms with E-state index >= 15 is 0 Å². The van der Waals surface area contributed by atoms with E-state index in [1.54, 1.807) is 6.20 Å². The molecular weight excluding hydrogens is 240 g/mol. The second kappa shape index (κ2) is 6.41. The summed E-state index contributed by atoms with van der Waals surface area (Å²) < 4.78 is 0. The maximum Gasteiger partial charge on any atom is 0.171 e. The average Bonchev–Trinajstić information content (AvgIpc) is 2.47. The Balaban J connectivity index is 1.96. The fourth-order valence-corrected chi connectivity index (χ4v) is 2.67. The Morgan fingerprint density at radius 3 is 2.74 bits per heavy atom. The van der Waals surface area contributed by atoms with Crippen LogP contribution < -0.4 is 10.6 Å². The van der Waals surface area contributed by atoms with E-state index in [-0.39, 0.29) is 5.84 Å². The zero-order chi connectivity index (χ0) is 13.7. The third kappa shape index (κ3) is 3.59. The van der Waals surface area contributed by atoms with E-state index in [0.717, 1.165) is 18.3 Å². The molecule has 0 radical (unpaired) electrons. The summed E-state index contributed by atoms with van der Waals surface area (Å²) in [5.74, 6) is 1.80. The van der Waals surface area contributed by atoms with Gasteiger partial charge in [-0.2, -0.15) is 0 Å². The van der Waals surface area contributed by atoms with Gasteiger partial charge in [0.2, 0.25) is 0 Å². The van der Waals surface area contributed by atoms with E-state index in [0.29, 0.717) is 5.56 Å². The number of amidine groups is 1. The Labute approximate surface area is 114 Å². The first-order valence-corrected chi connectivity index (χ1v) is 6.86. The number of aromatic nitrogens is 1.